The van der Waals surface area contributed by atoms with Crippen LogP contribution in [0.2, 0.25) is 0 Å². The Labute approximate surface area is 68.2 Å². The second kappa shape index (κ2) is 9.30. The fourth-order valence-electron chi connectivity index (χ4n) is 0.249. The van der Waals surface area contributed by atoms with Crippen LogP contribution in [0.3, 0.4) is 0 Å². The molecule has 11 heavy (non-hydrogen) atoms. The number of rotatable bonds is 3. The van der Waals surface area contributed by atoms with E-state index in [4.69, 9.17) is 0 Å². The minimum atomic E-state index is 0.178. The van der Waals surface area contributed by atoms with Crippen molar-refractivity contribution in [2.24, 2.45) is 0 Å². The highest BCUT2D eigenvalue weighted by atomic mass is 16.1. The first-order chi connectivity index (χ1) is 5.04. The second-order valence-corrected chi connectivity index (χ2v) is 2.29. The lowest BCUT2D eigenvalue weighted by Crippen LogP contribution is -2.14. The summed E-state index contributed by atoms with van der Waals surface area (Å²) in [7, 11) is 1.75. The van der Waals surface area contributed by atoms with Crippen LogP contribution in [-0.2, 0) is 9.59 Å². The molecule has 0 aliphatic carbocycles. The Bertz CT molecular complexity index is 121. The van der Waals surface area contributed by atoms with Gasteiger partial charge in [-0.3, -0.25) is 4.79 Å². The number of Topliss-reactive ketones (excluding diaryl/α,β-unsaturated/α-hetero) is 2. The number of nitrogens with one attached hydrogen (secondary N) is 1. The largest absolute Gasteiger partial charge is 0.313 e. The average molecular weight is 159 g/mol. The summed E-state index contributed by atoms with van der Waals surface area (Å²) in [5.74, 6) is 0.433. The van der Waals surface area contributed by atoms with Crippen molar-refractivity contribution >= 4 is 11.6 Å². The van der Waals surface area contributed by atoms with E-state index in [0.29, 0.717) is 13.0 Å². The molecule has 0 heterocycles. The van der Waals surface area contributed by atoms with Gasteiger partial charge in [0, 0.05) is 6.42 Å². The van der Waals surface area contributed by atoms with E-state index in [2.05, 4.69) is 5.32 Å². The molecule has 0 radical (unpaired) electrons. The first-order valence-corrected chi connectivity index (χ1v) is 3.68. The van der Waals surface area contributed by atoms with Crippen LogP contribution in [0.15, 0.2) is 0 Å². The quantitative estimate of drug-likeness (QED) is 0.662. The van der Waals surface area contributed by atoms with Gasteiger partial charge in [-0.05, 0) is 20.9 Å². The molecule has 0 aromatic rings. The van der Waals surface area contributed by atoms with Crippen molar-refractivity contribution in [3.05, 3.63) is 0 Å². The summed E-state index contributed by atoms with van der Waals surface area (Å²) in [5.41, 5.74) is 0. The summed E-state index contributed by atoms with van der Waals surface area (Å²) in [6.45, 7) is 5.47. The van der Waals surface area contributed by atoms with Crippen LogP contribution in [0.25, 0.3) is 0 Å². The van der Waals surface area contributed by atoms with Crippen molar-refractivity contribution in [2.45, 2.75) is 27.2 Å². The van der Waals surface area contributed by atoms with E-state index in [1.54, 1.807) is 20.9 Å². The zero-order valence-corrected chi connectivity index (χ0v) is 7.73. The van der Waals surface area contributed by atoms with Gasteiger partial charge in [-0.2, -0.15) is 0 Å². The van der Waals surface area contributed by atoms with E-state index in [9.17, 15) is 9.59 Å². The van der Waals surface area contributed by atoms with Gasteiger partial charge in [0.2, 0.25) is 0 Å². The van der Waals surface area contributed by atoms with Crippen LogP contribution in [0.4, 0.5) is 0 Å². The summed E-state index contributed by atoms with van der Waals surface area (Å²) in [6.07, 6.45) is 0.667. The van der Waals surface area contributed by atoms with Crippen molar-refractivity contribution in [1.29, 1.82) is 0 Å². The minimum absolute atomic E-state index is 0.178. The van der Waals surface area contributed by atoms with Gasteiger partial charge in [0.25, 0.3) is 0 Å². The highest BCUT2D eigenvalue weighted by Crippen LogP contribution is 1.71. The molecule has 0 aromatic carbocycles. The van der Waals surface area contributed by atoms with Gasteiger partial charge >= 0.3 is 0 Å². The molecule has 3 nitrogen and oxygen atoms in total. The molecule has 1 N–H and O–H groups in total. The lowest BCUT2D eigenvalue weighted by molar-refractivity contribution is -0.117. The maximum Gasteiger partial charge on any atom is 0.143 e. The molecule has 3 heteroatoms. The average Bonchev–Trinajstić information content (AvgIpc) is 1.89. The molecule has 0 aliphatic rings. The van der Waals surface area contributed by atoms with Gasteiger partial charge < -0.3 is 10.1 Å². The van der Waals surface area contributed by atoms with E-state index in [-0.39, 0.29) is 11.6 Å². The number of likely N-dealkylation sites (N-methyl/N-ethyl adjacent to an activating group) is 1. The lowest BCUT2D eigenvalue weighted by atomic mass is 10.4. The van der Waals surface area contributed by atoms with Crippen molar-refractivity contribution in [1.82, 2.24) is 5.32 Å². The Hall–Kier alpha value is -0.700. The normalized spacial score (nSPS) is 8.00. The Morgan fingerprint density at radius 1 is 1.18 bits per heavy atom. The Morgan fingerprint density at radius 2 is 1.55 bits per heavy atom. The molecule has 0 bridgehead atoms. The SMILES string of the molecule is CCC(C)=O.CNCC(C)=O. The van der Waals surface area contributed by atoms with Gasteiger partial charge in [0.05, 0.1) is 6.54 Å². The number of hydrogen-bond acceptors (Lipinski definition) is 3. The molecule has 0 spiro atoms. The molecular formula is C8H17NO2. The fourth-order valence-corrected chi connectivity index (χ4v) is 0.249. The molecule has 0 saturated heterocycles. The predicted octanol–water partition coefficient (Wildman–Crippen LogP) is 0.780. The third-order valence-electron chi connectivity index (χ3n) is 0.924. The second-order valence-electron chi connectivity index (χ2n) is 2.29. The summed E-state index contributed by atoms with van der Waals surface area (Å²) < 4.78 is 0. The molecule has 0 rings (SSSR count). The van der Waals surface area contributed by atoms with Crippen LogP contribution < -0.4 is 5.32 Å². The Kier molecular flexibility index (Phi) is 10.9. The van der Waals surface area contributed by atoms with Gasteiger partial charge in [0.15, 0.2) is 0 Å². The van der Waals surface area contributed by atoms with Crippen LogP contribution in [0.1, 0.15) is 27.2 Å². The zero-order valence-electron chi connectivity index (χ0n) is 7.73. The minimum Gasteiger partial charge on any atom is -0.313 e. The summed E-state index contributed by atoms with van der Waals surface area (Å²) in [6, 6.07) is 0. The number of ketones is 2. The van der Waals surface area contributed by atoms with Crippen molar-refractivity contribution in [3.8, 4) is 0 Å². The topological polar surface area (TPSA) is 46.2 Å². The monoisotopic (exact) mass is 159 g/mol. The van der Waals surface area contributed by atoms with Gasteiger partial charge in [-0.15, -0.1) is 0 Å². The molecule has 0 amide bonds. The van der Waals surface area contributed by atoms with Crippen LogP contribution in [-0.4, -0.2) is 25.2 Å². The van der Waals surface area contributed by atoms with Gasteiger partial charge in [-0.25, -0.2) is 0 Å². The molecular weight excluding hydrogens is 142 g/mol. The first-order valence-electron chi connectivity index (χ1n) is 3.68. The molecule has 0 unspecified atom stereocenters. The smallest absolute Gasteiger partial charge is 0.143 e. The van der Waals surface area contributed by atoms with E-state index in [1.165, 1.54) is 0 Å². The maximum atomic E-state index is 9.98. The summed E-state index contributed by atoms with van der Waals surface area (Å²) in [5, 5.41) is 2.72. The Balaban J connectivity index is 0. The predicted molar refractivity (Wildman–Crippen MR) is 45.6 cm³/mol. The van der Waals surface area contributed by atoms with E-state index < -0.39 is 0 Å². The number of carbonyl (C=O) groups excluding carboxylic acids is 2. The number of hydrogen-bond donors (Lipinski definition) is 1. The highest BCUT2D eigenvalue weighted by Gasteiger charge is 1.82. The molecule has 0 fully saturated rings. The highest BCUT2D eigenvalue weighted by molar-refractivity contribution is 5.77. The van der Waals surface area contributed by atoms with E-state index in [1.807, 2.05) is 6.92 Å². The van der Waals surface area contributed by atoms with Crippen LogP contribution in [0.5, 0.6) is 0 Å². The van der Waals surface area contributed by atoms with Crippen molar-refractivity contribution in [2.75, 3.05) is 13.6 Å². The van der Waals surface area contributed by atoms with Gasteiger partial charge in [-0.1, -0.05) is 6.92 Å². The third-order valence-corrected chi connectivity index (χ3v) is 0.924. The van der Waals surface area contributed by atoms with E-state index in [0.717, 1.165) is 0 Å². The molecule has 66 valence electrons. The van der Waals surface area contributed by atoms with Gasteiger partial charge in [0.1, 0.15) is 11.6 Å². The zero-order chi connectivity index (χ0) is 9.28. The summed E-state index contributed by atoms with van der Waals surface area (Å²) in [4.78, 5) is 19.8. The molecule has 0 atom stereocenters. The summed E-state index contributed by atoms with van der Waals surface area (Å²) >= 11 is 0. The molecule has 0 aromatic heterocycles. The maximum absolute atomic E-state index is 9.98. The Morgan fingerprint density at radius 3 is 1.55 bits per heavy atom. The molecule has 0 saturated carbocycles. The standard InChI is InChI=1S/C4H9NO.C4H8O/c1-4(6)3-5-2;1-3-4(2)5/h5H,3H2,1-2H3;3H2,1-2H3. The van der Waals surface area contributed by atoms with Crippen LogP contribution in [0, 0.1) is 0 Å². The van der Waals surface area contributed by atoms with Crippen molar-refractivity contribution < 1.29 is 9.59 Å². The van der Waals surface area contributed by atoms with Crippen molar-refractivity contribution in [3.63, 3.8) is 0 Å². The van der Waals surface area contributed by atoms with E-state index >= 15 is 0 Å². The third kappa shape index (κ3) is 26.8. The number of carbonyl (C=O) groups is 2. The van der Waals surface area contributed by atoms with Crippen LogP contribution >= 0.6 is 0 Å². The first kappa shape index (κ1) is 12.9. The molecule has 0 aliphatic heterocycles. The lowest BCUT2D eigenvalue weighted by Gasteiger charge is -1.85. The fraction of sp³-hybridized carbons (Fsp3) is 0.750.